The topological polar surface area (TPSA) is 95.1 Å². The molecule has 3 N–H and O–H groups in total. The molecule has 0 spiro atoms. The summed E-state index contributed by atoms with van der Waals surface area (Å²) in [6.45, 7) is 3.16. The van der Waals surface area contributed by atoms with Crippen LogP contribution in [-0.4, -0.2) is 27.2 Å². The Labute approximate surface area is 109 Å². The van der Waals surface area contributed by atoms with Gasteiger partial charge in [-0.05, 0) is 36.3 Å². The molecule has 1 heterocycles. The summed E-state index contributed by atoms with van der Waals surface area (Å²) in [6, 6.07) is 3.63. The van der Waals surface area contributed by atoms with E-state index in [2.05, 4.69) is 15.5 Å². The second kappa shape index (κ2) is 4.93. The molecule has 98 valence electrons. The number of carbonyl (C=O) groups excluding carboxylic acids is 1. The molecule has 0 aliphatic heterocycles. The molecule has 6 nitrogen and oxygen atoms in total. The van der Waals surface area contributed by atoms with Crippen molar-refractivity contribution < 1.29 is 14.7 Å². The number of rotatable bonds is 3. The maximum atomic E-state index is 11.0. The van der Waals surface area contributed by atoms with E-state index in [1.807, 2.05) is 13.0 Å². The summed E-state index contributed by atoms with van der Waals surface area (Å²) in [5.41, 5.74) is 2.40. The third-order valence-electron chi connectivity index (χ3n) is 2.62. The SMILES string of the molecule is CC(=O)NC(=Cc1cc(C)c2[nH]ncc2c1)C(=O)O. The highest BCUT2D eigenvalue weighted by molar-refractivity contribution is 5.97. The minimum atomic E-state index is -1.18. The van der Waals surface area contributed by atoms with Crippen LogP contribution in [0.1, 0.15) is 18.1 Å². The maximum Gasteiger partial charge on any atom is 0.352 e. The Morgan fingerprint density at radius 1 is 1.42 bits per heavy atom. The van der Waals surface area contributed by atoms with Crippen LogP contribution in [0.15, 0.2) is 24.0 Å². The Balaban J connectivity index is 2.47. The molecule has 0 bridgehead atoms. The quantitative estimate of drug-likeness (QED) is 0.727. The van der Waals surface area contributed by atoms with Crippen LogP contribution in [0.2, 0.25) is 0 Å². The van der Waals surface area contributed by atoms with Gasteiger partial charge >= 0.3 is 5.97 Å². The number of H-pyrrole nitrogens is 1. The summed E-state index contributed by atoms with van der Waals surface area (Å²) in [5, 5.41) is 19.0. The number of aromatic nitrogens is 2. The van der Waals surface area contributed by atoms with E-state index in [4.69, 9.17) is 5.11 Å². The minimum absolute atomic E-state index is 0.158. The number of hydrogen-bond donors (Lipinski definition) is 3. The molecule has 0 fully saturated rings. The Morgan fingerprint density at radius 3 is 2.79 bits per heavy atom. The first-order valence-corrected chi connectivity index (χ1v) is 5.63. The van der Waals surface area contributed by atoms with E-state index in [1.54, 1.807) is 12.3 Å². The number of benzene rings is 1. The van der Waals surface area contributed by atoms with Crippen LogP contribution in [0, 0.1) is 6.92 Å². The Morgan fingerprint density at radius 2 is 2.16 bits per heavy atom. The lowest BCUT2D eigenvalue weighted by molar-refractivity contribution is -0.134. The number of amides is 1. The van der Waals surface area contributed by atoms with E-state index >= 15 is 0 Å². The van der Waals surface area contributed by atoms with Crippen molar-refractivity contribution in [3.05, 3.63) is 35.2 Å². The zero-order valence-corrected chi connectivity index (χ0v) is 10.5. The maximum absolute atomic E-state index is 11.0. The van der Waals surface area contributed by atoms with E-state index in [9.17, 15) is 9.59 Å². The van der Waals surface area contributed by atoms with Crippen LogP contribution in [0.3, 0.4) is 0 Å². The van der Waals surface area contributed by atoms with Gasteiger partial charge in [-0.15, -0.1) is 0 Å². The number of nitrogens with zero attached hydrogens (tertiary/aromatic N) is 1. The van der Waals surface area contributed by atoms with Gasteiger partial charge in [-0.2, -0.15) is 5.10 Å². The summed E-state index contributed by atoms with van der Waals surface area (Å²) in [6.07, 6.45) is 3.09. The monoisotopic (exact) mass is 259 g/mol. The lowest BCUT2D eigenvalue weighted by Crippen LogP contribution is -2.24. The molecule has 0 radical (unpaired) electrons. The molecule has 0 aliphatic carbocycles. The van der Waals surface area contributed by atoms with Gasteiger partial charge < -0.3 is 10.4 Å². The van der Waals surface area contributed by atoms with Crippen LogP contribution < -0.4 is 5.32 Å². The average molecular weight is 259 g/mol. The van der Waals surface area contributed by atoms with Gasteiger partial charge in [-0.25, -0.2) is 4.79 Å². The third kappa shape index (κ3) is 2.79. The van der Waals surface area contributed by atoms with Crippen molar-refractivity contribution in [2.75, 3.05) is 0 Å². The molecular formula is C13H13N3O3. The van der Waals surface area contributed by atoms with E-state index < -0.39 is 11.9 Å². The van der Waals surface area contributed by atoms with Crippen molar-refractivity contribution in [3.8, 4) is 0 Å². The second-order valence-corrected chi connectivity index (χ2v) is 4.22. The summed E-state index contributed by atoms with van der Waals surface area (Å²) < 4.78 is 0. The number of nitrogens with one attached hydrogen (secondary N) is 2. The first-order chi connectivity index (χ1) is 8.97. The molecule has 6 heteroatoms. The lowest BCUT2D eigenvalue weighted by atomic mass is 10.1. The Hall–Kier alpha value is -2.63. The van der Waals surface area contributed by atoms with Gasteiger partial charge in [0.25, 0.3) is 0 Å². The molecule has 0 saturated heterocycles. The van der Waals surface area contributed by atoms with Crippen molar-refractivity contribution in [3.63, 3.8) is 0 Å². The van der Waals surface area contributed by atoms with E-state index in [1.165, 1.54) is 13.0 Å². The minimum Gasteiger partial charge on any atom is -0.477 e. The highest BCUT2D eigenvalue weighted by atomic mass is 16.4. The fourth-order valence-corrected chi connectivity index (χ4v) is 1.86. The molecule has 0 saturated carbocycles. The molecular weight excluding hydrogens is 246 g/mol. The summed E-state index contributed by atoms with van der Waals surface area (Å²) in [5.74, 6) is -1.60. The highest BCUT2D eigenvalue weighted by Crippen LogP contribution is 2.19. The number of carbonyl (C=O) groups is 2. The molecule has 0 unspecified atom stereocenters. The van der Waals surface area contributed by atoms with E-state index in [0.717, 1.165) is 16.5 Å². The average Bonchev–Trinajstić information content (AvgIpc) is 2.76. The van der Waals surface area contributed by atoms with Crippen molar-refractivity contribution in [2.24, 2.45) is 0 Å². The predicted molar refractivity (Wildman–Crippen MR) is 70.3 cm³/mol. The zero-order chi connectivity index (χ0) is 14.0. The predicted octanol–water partition coefficient (Wildman–Crippen LogP) is 1.43. The summed E-state index contributed by atoms with van der Waals surface area (Å²) in [4.78, 5) is 22.0. The number of carboxylic acids is 1. The largest absolute Gasteiger partial charge is 0.477 e. The molecule has 1 aromatic carbocycles. The van der Waals surface area contributed by atoms with Gasteiger partial charge in [0.2, 0.25) is 5.91 Å². The summed E-state index contributed by atoms with van der Waals surface area (Å²) >= 11 is 0. The van der Waals surface area contributed by atoms with Crippen LogP contribution in [0.5, 0.6) is 0 Å². The molecule has 19 heavy (non-hydrogen) atoms. The molecule has 2 rings (SSSR count). The molecule has 0 atom stereocenters. The zero-order valence-electron chi connectivity index (χ0n) is 10.5. The lowest BCUT2D eigenvalue weighted by Gasteiger charge is -2.04. The molecule has 1 amide bonds. The number of aromatic amines is 1. The number of aryl methyl sites for hydroxylation is 1. The van der Waals surface area contributed by atoms with Crippen LogP contribution in [0.4, 0.5) is 0 Å². The Bertz CT molecular complexity index is 685. The Kier molecular flexibility index (Phi) is 3.33. The smallest absolute Gasteiger partial charge is 0.352 e. The van der Waals surface area contributed by atoms with E-state index in [0.29, 0.717) is 5.56 Å². The third-order valence-corrected chi connectivity index (χ3v) is 2.62. The number of fused-ring (bicyclic) bond motifs is 1. The van der Waals surface area contributed by atoms with Crippen molar-refractivity contribution >= 4 is 28.9 Å². The van der Waals surface area contributed by atoms with Crippen molar-refractivity contribution in [1.29, 1.82) is 0 Å². The van der Waals surface area contributed by atoms with Crippen LogP contribution in [-0.2, 0) is 9.59 Å². The molecule has 2 aromatic rings. The highest BCUT2D eigenvalue weighted by Gasteiger charge is 2.09. The van der Waals surface area contributed by atoms with Gasteiger partial charge in [-0.3, -0.25) is 9.89 Å². The van der Waals surface area contributed by atoms with Gasteiger partial charge in [0.05, 0.1) is 11.7 Å². The van der Waals surface area contributed by atoms with Gasteiger partial charge in [0.15, 0.2) is 0 Å². The van der Waals surface area contributed by atoms with Gasteiger partial charge in [0, 0.05) is 12.3 Å². The molecule has 1 aromatic heterocycles. The first-order valence-electron chi connectivity index (χ1n) is 5.63. The number of hydrogen-bond acceptors (Lipinski definition) is 3. The summed E-state index contributed by atoms with van der Waals surface area (Å²) in [7, 11) is 0. The fraction of sp³-hybridized carbons (Fsp3) is 0.154. The van der Waals surface area contributed by atoms with E-state index in [-0.39, 0.29) is 5.70 Å². The standard InChI is InChI=1S/C13H13N3O3/c1-7-3-9(4-10-6-14-16-12(7)10)5-11(13(18)19)15-8(2)17/h3-6H,1-2H3,(H,14,16)(H,15,17)(H,18,19). The van der Waals surface area contributed by atoms with Crippen LogP contribution in [0.25, 0.3) is 17.0 Å². The normalized spacial score (nSPS) is 11.6. The first kappa shape index (κ1) is 12.8. The van der Waals surface area contributed by atoms with Crippen molar-refractivity contribution in [2.45, 2.75) is 13.8 Å². The molecule has 0 aliphatic rings. The van der Waals surface area contributed by atoms with Gasteiger partial charge in [-0.1, -0.05) is 0 Å². The van der Waals surface area contributed by atoms with Gasteiger partial charge in [0.1, 0.15) is 5.70 Å². The number of carboxylic acid groups (broad SMARTS) is 1. The second-order valence-electron chi connectivity index (χ2n) is 4.22. The van der Waals surface area contributed by atoms with Crippen LogP contribution >= 0.6 is 0 Å². The number of aliphatic carboxylic acids is 1. The van der Waals surface area contributed by atoms with Crippen molar-refractivity contribution in [1.82, 2.24) is 15.5 Å². The fourth-order valence-electron chi connectivity index (χ4n) is 1.86.